The summed E-state index contributed by atoms with van der Waals surface area (Å²) in [6.07, 6.45) is -4.45. The number of H-pyrrole nitrogens is 1. The van der Waals surface area contributed by atoms with Crippen LogP contribution in [0.4, 0.5) is 22.0 Å². The minimum atomic E-state index is -4.90. The lowest BCUT2D eigenvalue weighted by atomic mass is 10.0. The molecule has 0 spiro atoms. The van der Waals surface area contributed by atoms with Gasteiger partial charge in [0, 0.05) is 12.6 Å². The summed E-state index contributed by atoms with van der Waals surface area (Å²) in [5.74, 6) is -4.30. The third-order valence-electron chi connectivity index (χ3n) is 3.88. The highest BCUT2D eigenvalue weighted by Crippen LogP contribution is 2.26. The summed E-state index contributed by atoms with van der Waals surface area (Å²) in [5.41, 5.74) is -2.52. The molecule has 1 aromatic heterocycles. The number of carboxylic acid groups (broad SMARTS) is 1. The first-order valence-corrected chi connectivity index (χ1v) is 7.67. The number of ether oxygens (including phenoxy) is 1. The number of rotatable bonds is 4. The summed E-state index contributed by atoms with van der Waals surface area (Å²) >= 11 is 0. The van der Waals surface area contributed by atoms with Crippen LogP contribution in [0.1, 0.15) is 21.5 Å². The van der Waals surface area contributed by atoms with Gasteiger partial charge in [-0.3, -0.25) is 4.79 Å². The first kappa shape index (κ1) is 19.3. The highest BCUT2D eigenvalue weighted by molar-refractivity contribution is 5.92. The number of carbonyl (C=O) groups is 1. The zero-order chi connectivity index (χ0) is 20.6. The Balaban J connectivity index is 2.05. The third-order valence-corrected chi connectivity index (χ3v) is 3.88. The van der Waals surface area contributed by atoms with Crippen LogP contribution >= 0.6 is 0 Å². The molecular weight excluding hydrogens is 389 g/mol. The summed E-state index contributed by atoms with van der Waals surface area (Å²) in [5, 5.41) is 8.16. The van der Waals surface area contributed by atoms with Crippen molar-refractivity contribution in [2.24, 2.45) is 0 Å². The van der Waals surface area contributed by atoms with Gasteiger partial charge in [0.1, 0.15) is 17.1 Å². The number of aromatic carboxylic acids is 1. The molecule has 0 saturated carbocycles. The van der Waals surface area contributed by atoms with E-state index in [2.05, 4.69) is 9.72 Å². The summed E-state index contributed by atoms with van der Waals surface area (Å²) in [4.78, 5) is 25.3. The Bertz CT molecular complexity index is 1140. The van der Waals surface area contributed by atoms with Crippen molar-refractivity contribution in [2.75, 3.05) is 0 Å². The number of fused-ring (bicyclic) bond motifs is 1. The van der Waals surface area contributed by atoms with E-state index in [1.807, 2.05) is 0 Å². The maximum Gasteiger partial charge on any atom is 0.573 e. The molecule has 146 valence electrons. The SMILES string of the molecule is O=C(O)c1c[nH]c2c(F)c(Cc3cccc(OC(F)(F)F)c3)cc(F)c2c1=O. The Morgan fingerprint density at radius 1 is 1.18 bits per heavy atom. The van der Waals surface area contributed by atoms with E-state index in [0.717, 1.165) is 18.3 Å². The van der Waals surface area contributed by atoms with Gasteiger partial charge in [0.15, 0.2) is 5.82 Å². The van der Waals surface area contributed by atoms with E-state index in [-0.39, 0.29) is 17.5 Å². The summed E-state index contributed by atoms with van der Waals surface area (Å²) in [6.45, 7) is 0. The van der Waals surface area contributed by atoms with Crippen molar-refractivity contribution >= 4 is 16.9 Å². The van der Waals surface area contributed by atoms with Gasteiger partial charge >= 0.3 is 12.3 Å². The maximum absolute atomic E-state index is 14.7. The van der Waals surface area contributed by atoms with Gasteiger partial charge in [-0.15, -0.1) is 13.2 Å². The number of alkyl halides is 3. The monoisotopic (exact) mass is 399 g/mol. The first-order valence-electron chi connectivity index (χ1n) is 7.67. The normalized spacial score (nSPS) is 11.6. The Hall–Kier alpha value is -3.43. The molecule has 0 aliphatic heterocycles. The van der Waals surface area contributed by atoms with Crippen molar-refractivity contribution in [2.45, 2.75) is 12.8 Å². The Kier molecular flexibility index (Phi) is 4.80. The predicted octanol–water partition coefficient (Wildman–Crippen LogP) is 3.99. The fourth-order valence-electron chi connectivity index (χ4n) is 2.74. The van der Waals surface area contributed by atoms with Crippen LogP contribution in [0.3, 0.4) is 0 Å². The number of aromatic nitrogens is 1. The van der Waals surface area contributed by atoms with E-state index in [4.69, 9.17) is 5.11 Å². The zero-order valence-electron chi connectivity index (χ0n) is 13.7. The molecule has 0 bridgehead atoms. The number of nitrogens with one attached hydrogen (secondary N) is 1. The minimum Gasteiger partial charge on any atom is -0.477 e. The largest absolute Gasteiger partial charge is 0.573 e. The van der Waals surface area contributed by atoms with Gasteiger partial charge in [0.2, 0.25) is 5.43 Å². The summed E-state index contributed by atoms with van der Waals surface area (Å²) in [7, 11) is 0. The molecule has 28 heavy (non-hydrogen) atoms. The molecule has 1 heterocycles. The number of aromatic amines is 1. The quantitative estimate of drug-likeness (QED) is 0.651. The standard InChI is InChI=1S/C18H10F5NO4/c19-12-6-9(4-8-2-1-3-10(5-8)28-18(21,22)23)14(20)15-13(12)16(25)11(7-24-15)17(26)27/h1-3,5-7H,4H2,(H,24,25)(H,26,27). The fourth-order valence-corrected chi connectivity index (χ4v) is 2.74. The Morgan fingerprint density at radius 3 is 2.54 bits per heavy atom. The van der Waals surface area contributed by atoms with Crippen LogP contribution < -0.4 is 10.2 Å². The van der Waals surface area contributed by atoms with E-state index < -0.39 is 51.6 Å². The van der Waals surface area contributed by atoms with Crippen LogP contribution in [0.25, 0.3) is 10.9 Å². The molecule has 0 fully saturated rings. The van der Waals surface area contributed by atoms with Gasteiger partial charge in [0.25, 0.3) is 0 Å². The lowest BCUT2D eigenvalue weighted by Crippen LogP contribution is -2.17. The summed E-state index contributed by atoms with van der Waals surface area (Å²) in [6, 6.07) is 5.42. The Morgan fingerprint density at radius 2 is 1.89 bits per heavy atom. The van der Waals surface area contributed by atoms with Crippen molar-refractivity contribution in [3.63, 3.8) is 0 Å². The van der Waals surface area contributed by atoms with Gasteiger partial charge in [-0.25, -0.2) is 13.6 Å². The average Bonchev–Trinajstić information content (AvgIpc) is 2.57. The van der Waals surface area contributed by atoms with Crippen molar-refractivity contribution in [3.8, 4) is 5.75 Å². The molecule has 3 aromatic rings. The molecule has 10 heteroatoms. The molecule has 0 radical (unpaired) electrons. The van der Waals surface area contributed by atoms with Crippen molar-refractivity contribution in [1.29, 1.82) is 0 Å². The van der Waals surface area contributed by atoms with Gasteiger partial charge < -0.3 is 14.8 Å². The van der Waals surface area contributed by atoms with E-state index in [1.165, 1.54) is 12.1 Å². The smallest absolute Gasteiger partial charge is 0.477 e. The molecule has 0 atom stereocenters. The second-order valence-electron chi connectivity index (χ2n) is 5.79. The third kappa shape index (κ3) is 3.80. The number of hydrogen-bond donors (Lipinski definition) is 2. The molecule has 2 N–H and O–H groups in total. The second-order valence-corrected chi connectivity index (χ2v) is 5.79. The maximum atomic E-state index is 14.7. The van der Waals surface area contributed by atoms with Gasteiger partial charge in [-0.1, -0.05) is 12.1 Å². The first-order chi connectivity index (χ1) is 13.1. The molecule has 0 amide bonds. The second kappa shape index (κ2) is 6.95. The molecule has 0 saturated heterocycles. The summed E-state index contributed by atoms with van der Waals surface area (Å²) < 4.78 is 69.8. The van der Waals surface area contributed by atoms with Crippen molar-refractivity contribution < 1.29 is 36.6 Å². The molecule has 0 unspecified atom stereocenters. The molecule has 2 aromatic carbocycles. The van der Waals surface area contributed by atoms with Crippen LogP contribution in [-0.4, -0.2) is 22.4 Å². The van der Waals surface area contributed by atoms with Crippen LogP contribution in [0.15, 0.2) is 41.3 Å². The van der Waals surface area contributed by atoms with Crippen LogP contribution in [0.5, 0.6) is 5.75 Å². The lowest BCUT2D eigenvalue weighted by Gasteiger charge is -2.11. The molecule has 3 rings (SSSR count). The fraction of sp³-hybridized carbons (Fsp3) is 0.111. The Labute approximate surface area is 153 Å². The number of hydrogen-bond acceptors (Lipinski definition) is 3. The van der Waals surface area contributed by atoms with Gasteiger partial charge in [-0.2, -0.15) is 0 Å². The van der Waals surface area contributed by atoms with Crippen molar-refractivity contribution in [1.82, 2.24) is 4.98 Å². The minimum absolute atomic E-state index is 0.198. The van der Waals surface area contributed by atoms with E-state index >= 15 is 0 Å². The average molecular weight is 399 g/mol. The number of carboxylic acids is 1. The molecule has 5 nitrogen and oxygen atoms in total. The van der Waals surface area contributed by atoms with E-state index in [9.17, 15) is 31.5 Å². The van der Waals surface area contributed by atoms with Crippen molar-refractivity contribution in [3.05, 3.63) is 75.1 Å². The van der Waals surface area contributed by atoms with Crippen LogP contribution in [-0.2, 0) is 6.42 Å². The molecular formula is C18H10F5NO4. The highest BCUT2D eigenvalue weighted by atomic mass is 19.4. The van der Waals surface area contributed by atoms with Gasteiger partial charge in [-0.05, 0) is 29.3 Å². The number of pyridine rings is 1. The van der Waals surface area contributed by atoms with E-state index in [1.54, 1.807) is 0 Å². The van der Waals surface area contributed by atoms with Crippen LogP contribution in [0.2, 0.25) is 0 Å². The van der Waals surface area contributed by atoms with Gasteiger partial charge in [0.05, 0.1) is 10.9 Å². The lowest BCUT2D eigenvalue weighted by molar-refractivity contribution is -0.274. The number of halogens is 5. The topological polar surface area (TPSA) is 79.4 Å². The predicted molar refractivity (Wildman–Crippen MR) is 87.4 cm³/mol. The molecule has 0 aliphatic rings. The van der Waals surface area contributed by atoms with E-state index in [0.29, 0.717) is 6.07 Å². The molecule has 0 aliphatic carbocycles. The van der Waals surface area contributed by atoms with Crippen LogP contribution in [0, 0.1) is 11.6 Å². The zero-order valence-corrected chi connectivity index (χ0v) is 13.7. The number of benzene rings is 2. The highest BCUT2D eigenvalue weighted by Gasteiger charge is 2.31.